The second-order valence-corrected chi connectivity index (χ2v) is 5.32. The van der Waals surface area contributed by atoms with Gasteiger partial charge in [-0.15, -0.1) is 0 Å². The molecule has 0 heterocycles. The van der Waals surface area contributed by atoms with Crippen molar-refractivity contribution in [2.45, 2.75) is 25.7 Å². The molecule has 3 heteroatoms. The van der Waals surface area contributed by atoms with Gasteiger partial charge in [-0.3, -0.25) is 4.79 Å². The molecule has 0 aliphatic rings. The summed E-state index contributed by atoms with van der Waals surface area (Å²) < 4.78 is 5.20. The standard InChI is InChI=1S/C19H23NO2/c1-3-19(21)20-14-17(16-7-5-4-6-8-16)13-15-9-11-18(22-2)12-10-15/h4-12,17H,3,13-14H2,1-2H3,(H,20,21). The molecule has 22 heavy (non-hydrogen) atoms. The summed E-state index contributed by atoms with van der Waals surface area (Å²) in [5, 5.41) is 3.01. The van der Waals surface area contributed by atoms with Crippen LogP contribution in [0.3, 0.4) is 0 Å². The number of nitrogens with one attached hydrogen (secondary N) is 1. The van der Waals surface area contributed by atoms with Crippen LogP contribution >= 0.6 is 0 Å². The zero-order valence-electron chi connectivity index (χ0n) is 13.2. The maximum atomic E-state index is 11.6. The molecule has 1 amide bonds. The molecule has 1 atom stereocenters. The molecular weight excluding hydrogens is 274 g/mol. The van der Waals surface area contributed by atoms with Gasteiger partial charge < -0.3 is 10.1 Å². The van der Waals surface area contributed by atoms with Gasteiger partial charge in [-0.1, -0.05) is 49.4 Å². The second kappa shape index (κ2) is 8.23. The van der Waals surface area contributed by atoms with E-state index < -0.39 is 0 Å². The van der Waals surface area contributed by atoms with Crippen molar-refractivity contribution in [3.8, 4) is 5.75 Å². The van der Waals surface area contributed by atoms with Crippen LogP contribution in [0.1, 0.15) is 30.4 Å². The molecule has 1 unspecified atom stereocenters. The third-order valence-electron chi connectivity index (χ3n) is 3.78. The van der Waals surface area contributed by atoms with E-state index in [2.05, 4.69) is 29.6 Å². The summed E-state index contributed by atoms with van der Waals surface area (Å²) in [5.74, 6) is 1.22. The van der Waals surface area contributed by atoms with Gasteiger partial charge in [0.05, 0.1) is 7.11 Å². The van der Waals surface area contributed by atoms with E-state index in [0.29, 0.717) is 13.0 Å². The van der Waals surface area contributed by atoms with Crippen LogP contribution in [0.15, 0.2) is 54.6 Å². The minimum atomic E-state index is 0.0932. The minimum absolute atomic E-state index is 0.0932. The van der Waals surface area contributed by atoms with Gasteiger partial charge in [-0.2, -0.15) is 0 Å². The Labute approximate surface area is 132 Å². The lowest BCUT2D eigenvalue weighted by Gasteiger charge is -2.18. The van der Waals surface area contributed by atoms with Crippen molar-refractivity contribution in [1.82, 2.24) is 5.32 Å². The number of carbonyl (C=O) groups is 1. The number of hydrogen-bond donors (Lipinski definition) is 1. The van der Waals surface area contributed by atoms with E-state index in [0.717, 1.165) is 12.2 Å². The molecule has 0 fully saturated rings. The number of rotatable bonds is 7. The topological polar surface area (TPSA) is 38.3 Å². The number of carbonyl (C=O) groups excluding carboxylic acids is 1. The minimum Gasteiger partial charge on any atom is -0.497 e. The van der Waals surface area contributed by atoms with Crippen LogP contribution in [0, 0.1) is 0 Å². The molecule has 2 aromatic rings. The summed E-state index contributed by atoms with van der Waals surface area (Å²) in [4.78, 5) is 11.6. The fourth-order valence-corrected chi connectivity index (χ4v) is 2.44. The van der Waals surface area contributed by atoms with E-state index in [4.69, 9.17) is 4.74 Å². The summed E-state index contributed by atoms with van der Waals surface area (Å²) in [6, 6.07) is 18.4. The van der Waals surface area contributed by atoms with Gasteiger partial charge in [0.2, 0.25) is 5.91 Å². The van der Waals surface area contributed by atoms with Gasteiger partial charge in [0.25, 0.3) is 0 Å². The Balaban J connectivity index is 2.11. The number of ether oxygens (including phenoxy) is 1. The van der Waals surface area contributed by atoms with E-state index in [1.807, 2.05) is 37.3 Å². The number of methoxy groups -OCH3 is 1. The number of hydrogen-bond acceptors (Lipinski definition) is 2. The molecule has 0 aromatic heterocycles. The van der Waals surface area contributed by atoms with E-state index in [1.54, 1.807) is 7.11 Å². The zero-order chi connectivity index (χ0) is 15.8. The second-order valence-electron chi connectivity index (χ2n) is 5.32. The third kappa shape index (κ3) is 4.62. The van der Waals surface area contributed by atoms with Crippen molar-refractivity contribution in [2.24, 2.45) is 0 Å². The van der Waals surface area contributed by atoms with Gasteiger partial charge in [-0.05, 0) is 29.7 Å². The fraction of sp³-hybridized carbons (Fsp3) is 0.316. The monoisotopic (exact) mass is 297 g/mol. The highest BCUT2D eigenvalue weighted by molar-refractivity contribution is 5.75. The summed E-state index contributed by atoms with van der Waals surface area (Å²) in [5.41, 5.74) is 2.48. The Morgan fingerprint density at radius 2 is 1.77 bits per heavy atom. The molecule has 0 aliphatic heterocycles. The normalized spacial score (nSPS) is 11.7. The zero-order valence-corrected chi connectivity index (χ0v) is 13.2. The quantitative estimate of drug-likeness (QED) is 0.849. The average molecular weight is 297 g/mol. The Hall–Kier alpha value is -2.29. The first-order chi connectivity index (χ1) is 10.7. The van der Waals surface area contributed by atoms with Gasteiger partial charge in [0, 0.05) is 18.9 Å². The van der Waals surface area contributed by atoms with Crippen LogP contribution in [-0.2, 0) is 11.2 Å². The van der Waals surface area contributed by atoms with Gasteiger partial charge in [0.15, 0.2) is 0 Å². The van der Waals surface area contributed by atoms with Crippen molar-refractivity contribution >= 4 is 5.91 Å². The smallest absolute Gasteiger partial charge is 0.219 e. The first-order valence-electron chi connectivity index (χ1n) is 7.67. The van der Waals surface area contributed by atoms with Crippen molar-refractivity contribution in [2.75, 3.05) is 13.7 Å². The predicted molar refractivity (Wildman–Crippen MR) is 89.2 cm³/mol. The van der Waals surface area contributed by atoms with E-state index in [-0.39, 0.29) is 11.8 Å². The Bertz CT molecular complexity index is 578. The summed E-state index contributed by atoms with van der Waals surface area (Å²) in [7, 11) is 1.67. The van der Waals surface area contributed by atoms with Gasteiger partial charge in [0.1, 0.15) is 5.75 Å². The van der Waals surface area contributed by atoms with Crippen molar-refractivity contribution in [1.29, 1.82) is 0 Å². The molecule has 0 bridgehead atoms. The fourth-order valence-electron chi connectivity index (χ4n) is 2.44. The molecule has 2 aromatic carbocycles. The molecule has 0 aliphatic carbocycles. The van der Waals surface area contributed by atoms with E-state index in [9.17, 15) is 4.79 Å². The lowest BCUT2D eigenvalue weighted by atomic mass is 9.92. The molecule has 0 spiro atoms. The molecule has 0 saturated carbocycles. The lowest BCUT2D eigenvalue weighted by Crippen LogP contribution is -2.28. The highest BCUT2D eigenvalue weighted by Crippen LogP contribution is 2.22. The van der Waals surface area contributed by atoms with Crippen LogP contribution in [0.5, 0.6) is 5.75 Å². The van der Waals surface area contributed by atoms with Crippen molar-refractivity contribution in [3.05, 3.63) is 65.7 Å². The SMILES string of the molecule is CCC(=O)NCC(Cc1ccc(OC)cc1)c1ccccc1. The molecule has 0 radical (unpaired) electrons. The van der Waals surface area contributed by atoms with Crippen LogP contribution in [0.2, 0.25) is 0 Å². The van der Waals surface area contributed by atoms with E-state index in [1.165, 1.54) is 11.1 Å². The van der Waals surface area contributed by atoms with Crippen LogP contribution in [-0.4, -0.2) is 19.6 Å². The first kappa shape index (κ1) is 16.1. The first-order valence-corrected chi connectivity index (χ1v) is 7.67. The Morgan fingerprint density at radius 3 is 2.36 bits per heavy atom. The van der Waals surface area contributed by atoms with Gasteiger partial charge in [-0.25, -0.2) is 0 Å². The van der Waals surface area contributed by atoms with Crippen LogP contribution in [0.4, 0.5) is 0 Å². The summed E-state index contributed by atoms with van der Waals surface area (Å²) >= 11 is 0. The maximum absolute atomic E-state index is 11.6. The Morgan fingerprint density at radius 1 is 1.09 bits per heavy atom. The molecular formula is C19H23NO2. The molecule has 2 rings (SSSR count). The number of amides is 1. The molecule has 116 valence electrons. The van der Waals surface area contributed by atoms with Crippen LogP contribution < -0.4 is 10.1 Å². The lowest BCUT2D eigenvalue weighted by molar-refractivity contribution is -0.120. The molecule has 3 nitrogen and oxygen atoms in total. The average Bonchev–Trinajstić information content (AvgIpc) is 2.59. The largest absolute Gasteiger partial charge is 0.497 e. The predicted octanol–water partition coefficient (Wildman–Crippen LogP) is 3.55. The summed E-state index contributed by atoms with van der Waals surface area (Å²) in [6.45, 7) is 2.53. The van der Waals surface area contributed by atoms with Gasteiger partial charge >= 0.3 is 0 Å². The summed E-state index contributed by atoms with van der Waals surface area (Å²) in [6.07, 6.45) is 1.40. The Kier molecular flexibility index (Phi) is 6.01. The van der Waals surface area contributed by atoms with Crippen molar-refractivity contribution < 1.29 is 9.53 Å². The number of benzene rings is 2. The van der Waals surface area contributed by atoms with Crippen LogP contribution in [0.25, 0.3) is 0 Å². The highest BCUT2D eigenvalue weighted by Gasteiger charge is 2.13. The third-order valence-corrected chi connectivity index (χ3v) is 3.78. The molecule has 0 saturated heterocycles. The molecule has 1 N–H and O–H groups in total. The maximum Gasteiger partial charge on any atom is 0.219 e. The van der Waals surface area contributed by atoms with E-state index >= 15 is 0 Å². The highest BCUT2D eigenvalue weighted by atomic mass is 16.5. The van der Waals surface area contributed by atoms with Crippen molar-refractivity contribution in [3.63, 3.8) is 0 Å².